The van der Waals surface area contributed by atoms with Gasteiger partial charge in [-0.1, -0.05) is 42.5 Å². The van der Waals surface area contributed by atoms with E-state index in [9.17, 15) is 40.5 Å². The third-order valence-corrected chi connectivity index (χ3v) is 7.94. The Kier molecular flexibility index (Phi) is 7.28. The lowest BCUT2D eigenvalue weighted by atomic mass is 9.89. The second-order valence-electron chi connectivity index (χ2n) is 9.71. The lowest BCUT2D eigenvalue weighted by molar-refractivity contribution is -0.376. The van der Waals surface area contributed by atoms with Crippen LogP contribution in [0.5, 0.6) is 0 Å². The van der Waals surface area contributed by atoms with Gasteiger partial charge in [0, 0.05) is 29.1 Å². The molecule has 198 valence electrons. The Hall–Kier alpha value is -2.60. The molecule has 1 heterocycles. The first-order chi connectivity index (χ1) is 16.4. The van der Waals surface area contributed by atoms with E-state index < -0.39 is 50.6 Å². The summed E-state index contributed by atoms with van der Waals surface area (Å²) >= 11 is 0. The van der Waals surface area contributed by atoms with Gasteiger partial charge in [0.05, 0.1) is 15.5 Å². The van der Waals surface area contributed by atoms with Crippen molar-refractivity contribution in [3.8, 4) is 0 Å². The summed E-state index contributed by atoms with van der Waals surface area (Å²) in [5.41, 5.74) is -6.86. The number of nitrogens with one attached hydrogen (secondary N) is 1. The Balaban J connectivity index is 2.07. The molecule has 1 aliphatic rings. The van der Waals surface area contributed by atoms with Gasteiger partial charge in [0.2, 0.25) is 0 Å². The van der Waals surface area contributed by atoms with Gasteiger partial charge in [-0.3, -0.25) is 4.21 Å². The van der Waals surface area contributed by atoms with Crippen molar-refractivity contribution in [1.82, 2.24) is 10.2 Å². The zero-order chi connectivity index (χ0) is 27.2. The predicted molar refractivity (Wildman–Crippen MR) is 121 cm³/mol. The number of carbonyl (C=O) groups is 1. The Morgan fingerprint density at radius 3 is 1.94 bits per heavy atom. The Morgan fingerprint density at radius 2 is 1.47 bits per heavy atom. The van der Waals surface area contributed by atoms with E-state index in [1.807, 2.05) is 0 Å². The van der Waals surface area contributed by atoms with Crippen LogP contribution in [-0.2, 0) is 21.1 Å². The summed E-state index contributed by atoms with van der Waals surface area (Å²) in [6, 6.07) is 10.8. The molecule has 3 rings (SSSR count). The quantitative estimate of drug-likeness (QED) is 0.527. The van der Waals surface area contributed by atoms with Crippen LogP contribution >= 0.6 is 0 Å². The van der Waals surface area contributed by atoms with Gasteiger partial charge in [-0.05, 0) is 44.9 Å². The number of rotatable bonds is 4. The second kappa shape index (κ2) is 9.37. The first-order valence-electron chi connectivity index (χ1n) is 10.9. The Morgan fingerprint density at radius 1 is 0.944 bits per heavy atom. The van der Waals surface area contributed by atoms with Gasteiger partial charge < -0.3 is 15.3 Å². The highest BCUT2D eigenvalue weighted by molar-refractivity contribution is 7.86. The number of hydrogen-bond acceptors (Lipinski definition) is 3. The lowest BCUT2D eigenvalue weighted by Crippen LogP contribution is -2.54. The number of amides is 2. The minimum absolute atomic E-state index is 0.0847. The average molecular weight is 537 g/mol. The average Bonchev–Trinajstić information content (AvgIpc) is 3.23. The Labute approximate surface area is 206 Å². The van der Waals surface area contributed by atoms with Crippen molar-refractivity contribution in [3.63, 3.8) is 0 Å². The highest BCUT2D eigenvalue weighted by atomic mass is 32.2. The standard InChI is InChI=1S/C24H26F6N2O3S/c1-20(2,3)31-19(33)32-14-13-21(15-32,36(35)18-7-5-4-6-8-18)16-9-11-17(12-10-16)22(34,23(25,26)27)24(28,29)30/h4-12,34H,13-15H2,1-3H3,(H,31,33). The molecular formula is C24H26F6N2O3S. The number of alkyl halides is 6. The Bertz CT molecular complexity index is 1100. The van der Waals surface area contributed by atoms with E-state index in [-0.39, 0.29) is 25.1 Å². The molecule has 2 atom stereocenters. The fraction of sp³-hybridized carbons (Fsp3) is 0.458. The van der Waals surface area contributed by atoms with E-state index in [2.05, 4.69) is 5.32 Å². The van der Waals surface area contributed by atoms with Crippen LogP contribution in [0.2, 0.25) is 0 Å². The molecule has 0 saturated carbocycles. The van der Waals surface area contributed by atoms with Gasteiger partial charge in [0.1, 0.15) is 0 Å². The van der Waals surface area contributed by atoms with Gasteiger partial charge in [0.15, 0.2) is 0 Å². The summed E-state index contributed by atoms with van der Waals surface area (Å²) in [6.07, 6.45) is -11.9. The van der Waals surface area contributed by atoms with Crippen LogP contribution in [0.1, 0.15) is 38.3 Å². The molecule has 2 aromatic rings. The fourth-order valence-corrected chi connectivity index (χ4v) is 5.88. The predicted octanol–water partition coefficient (Wildman–Crippen LogP) is 5.22. The molecule has 0 aromatic heterocycles. The third-order valence-electron chi connectivity index (χ3n) is 5.96. The lowest BCUT2D eigenvalue weighted by Gasteiger charge is -2.34. The molecule has 1 aliphatic heterocycles. The minimum Gasteiger partial charge on any atom is -0.369 e. The number of carbonyl (C=O) groups excluding carboxylic acids is 1. The van der Waals surface area contributed by atoms with Gasteiger partial charge >= 0.3 is 18.4 Å². The number of aliphatic hydroxyl groups is 1. The van der Waals surface area contributed by atoms with Crippen LogP contribution in [0.25, 0.3) is 0 Å². The molecule has 12 heteroatoms. The number of hydrogen-bond donors (Lipinski definition) is 2. The number of likely N-dealkylation sites (tertiary alicyclic amines) is 1. The maximum atomic E-state index is 13.8. The summed E-state index contributed by atoms with van der Waals surface area (Å²) in [5.74, 6) is 0. The summed E-state index contributed by atoms with van der Waals surface area (Å²) in [7, 11) is -1.82. The molecule has 2 aromatic carbocycles. The van der Waals surface area contributed by atoms with Crippen LogP contribution in [0.3, 0.4) is 0 Å². The second-order valence-corrected chi connectivity index (χ2v) is 11.5. The van der Waals surface area contributed by atoms with Crippen LogP contribution in [0.15, 0.2) is 59.5 Å². The molecule has 0 radical (unpaired) electrons. The highest BCUT2D eigenvalue weighted by Crippen LogP contribution is 2.50. The van der Waals surface area contributed by atoms with Crippen LogP contribution in [-0.4, -0.2) is 51.2 Å². The van der Waals surface area contributed by atoms with E-state index in [0.29, 0.717) is 17.0 Å². The normalized spacial score (nSPS) is 20.3. The SMILES string of the molecule is CC(C)(C)NC(=O)N1CCC(c2ccc(C(O)(C(F)(F)F)C(F)(F)F)cc2)(S(=O)c2ccccc2)C1. The van der Waals surface area contributed by atoms with Crippen molar-refractivity contribution >= 4 is 16.8 Å². The minimum atomic E-state index is -6.02. The molecule has 1 saturated heterocycles. The summed E-state index contributed by atoms with van der Waals surface area (Å²) < 4.78 is 92.4. The van der Waals surface area contributed by atoms with Crippen molar-refractivity contribution in [2.24, 2.45) is 0 Å². The van der Waals surface area contributed by atoms with Gasteiger partial charge in [0.25, 0.3) is 5.60 Å². The summed E-state index contributed by atoms with van der Waals surface area (Å²) in [6.45, 7) is 5.41. The molecule has 2 unspecified atom stereocenters. The van der Waals surface area contributed by atoms with Crippen molar-refractivity contribution in [2.45, 2.75) is 60.3 Å². The zero-order valence-corrected chi connectivity index (χ0v) is 20.5. The monoisotopic (exact) mass is 536 g/mol. The highest BCUT2D eigenvalue weighted by Gasteiger charge is 2.71. The van der Waals surface area contributed by atoms with Crippen molar-refractivity contribution < 1.29 is 40.5 Å². The maximum Gasteiger partial charge on any atom is 0.430 e. The molecule has 5 nitrogen and oxygen atoms in total. The molecule has 0 aliphatic carbocycles. The largest absolute Gasteiger partial charge is 0.430 e. The molecule has 0 spiro atoms. The van der Waals surface area contributed by atoms with E-state index >= 15 is 0 Å². The van der Waals surface area contributed by atoms with Crippen LogP contribution in [0, 0.1) is 0 Å². The van der Waals surface area contributed by atoms with Crippen molar-refractivity contribution in [1.29, 1.82) is 0 Å². The molecule has 0 bridgehead atoms. The van der Waals surface area contributed by atoms with E-state index in [4.69, 9.17) is 0 Å². The molecule has 2 N–H and O–H groups in total. The van der Waals surface area contributed by atoms with Gasteiger partial charge in [-0.15, -0.1) is 0 Å². The number of nitrogens with zero attached hydrogens (tertiary/aromatic N) is 1. The topological polar surface area (TPSA) is 69.6 Å². The number of halogens is 6. The van der Waals surface area contributed by atoms with Gasteiger partial charge in [-0.2, -0.15) is 26.3 Å². The van der Waals surface area contributed by atoms with E-state index in [1.165, 1.54) is 4.90 Å². The van der Waals surface area contributed by atoms with Crippen LogP contribution < -0.4 is 5.32 Å². The maximum absolute atomic E-state index is 13.8. The number of benzene rings is 2. The first-order valence-corrected chi connectivity index (χ1v) is 12.1. The smallest absolute Gasteiger partial charge is 0.369 e. The van der Waals surface area contributed by atoms with Crippen molar-refractivity contribution in [3.05, 3.63) is 65.7 Å². The molecule has 2 amide bonds. The fourth-order valence-electron chi connectivity index (χ4n) is 4.12. The van der Waals surface area contributed by atoms with E-state index in [0.717, 1.165) is 12.1 Å². The molecule has 1 fully saturated rings. The third kappa shape index (κ3) is 5.10. The first kappa shape index (κ1) is 28.0. The zero-order valence-electron chi connectivity index (χ0n) is 19.7. The molecule has 36 heavy (non-hydrogen) atoms. The number of urea groups is 1. The van der Waals surface area contributed by atoms with Gasteiger partial charge in [-0.25, -0.2) is 4.79 Å². The van der Waals surface area contributed by atoms with E-state index in [1.54, 1.807) is 51.1 Å². The molecular weight excluding hydrogens is 510 g/mol. The summed E-state index contributed by atoms with van der Waals surface area (Å²) in [5, 5.41) is 12.5. The van der Waals surface area contributed by atoms with Crippen LogP contribution in [0.4, 0.5) is 31.1 Å². The van der Waals surface area contributed by atoms with Crippen molar-refractivity contribution in [2.75, 3.05) is 13.1 Å². The summed E-state index contributed by atoms with van der Waals surface area (Å²) in [4.78, 5) is 14.6.